The number of amides is 2. The van der Waals surface area contributed by atoms with Crippen LogP contribution in [-0.4, -0.2) is 19.4 Å². The molecule has 7 heteroatoms. The summed E-state index contributed by atoms with van der Waals surface area (Å²) in [5, 5.41) is 2.35. The van der Waals surface area contributed by atoms with Gasteiger partial charge >= 0.3 is 6.03 Å². The van der Waals surface area contributed by atoms with Crippen molar-refractivity contribution >= 4 is 21.7 Å². The van der Waals surface area contributed by atoms with Crippen molar-refractivity contribution in [2.24, 2.45) is 0 Å². The highest BCUT2D eigenvalue weighted by Crippen LogP contribution is 2.22. The summed E-state index contributed by atoms with van der Waals surface area (Å²) in [7, 11) is -3.72. The molecule has 0 fully saturated rings. The summed E-state index contributed by atoms with van der Waals surface area (Å²) in [5.41, 5.74) is 0.249. The molecule has 0 spiro atoms. The van der Waals surface area contributed by atoms with E-state index in [2.05, 4.69) is 10.3 Å². The first-order valence-electron chi connectivity index (χ1n) is 3.37. The fourth-order valence-electron chi connectivity index (χ4n) is 1.02. The average molecular weight is 199 g/mol. The third kappa shape index (κ3) is 1.22. The van der Waals surface area contributed by atoms with Crippen LogP contribution in [0.25, 0.3) is 0 Å². The van der Waals surface area contributed by atoms with Crippen LogP contribution in [-0.2, 0) is 10.0 Å². The topological polar surface area (TPSA) is 88.2 Å². The minimum Gasteiger partial charge on any atom is -0.306 e. The molecule has 1 aliphatic rings. The molecule has 68 valence electrons. The number of nitrogens with one attached hydrogen (secondary N) is 2. The first-order chi connectivity index (χ1) is 6.09. The van der Waals surface area contributed by atoms with Gasteiger partial charge in [-0.3, -0.25) is 4.98 Å². The number of fused-ring (bicyclic) bond motifs is 1. The summed E-state index contributed by atoms with van der Waals surface area (Å²) in [6.07, 6.45) is 2.58. The predicted molar refractivity (Wildman–Crippen MR) is 43.6 cm³/mol. The summed E-state index contributed by atoms with van der Waals surface area (Å²) < 4.78 is 24.3. The Labute approximate surface area is 74.0 Å². The van der Waals surface area contributed by atoms with Gasteiger partial charge < -0.3 is 5.32 Å². The van der Waals surface area contributed by atoms with Crippen molar-refractivity contribution < 1.29 is 13.2 Å². The van der Waals surface area contributed by atoms with Crippen LogP contribution in [0.3, 0.4) is 0 Å². The number of rotatable bonds is 0. The van der Waals surface area contributed by atoms with Gasteiger partial charge in [-0.2, -0.15) is 0 Å². The molecule has 6 nitrogen and oxygen atoms in total. The number of nitrogens with zero attached hydrogens (tertiary/aromatic N) is 1. The van der Waals surface area contributed by atoms with E-state index in [-0.39, 0.29) is 10.6 Å². The Morgan fingerprint density at radius 1 is 1.38 bits per heavy atom. The Balaban J connectivity index is 2.70. The molecule has 2 heterocycles. The number of hydrogen-bond donors (Lipinski definition) is 2. The second-order valence-electron chi connectivity index (χ2n) is 2.43. The number of sulfonamides is 1. The van der Waals surface area contributed by atoms with Gasteiger partial charge in [-0.15, -0.1) is 0 Å². The second-order valence-corrected chi connectivity index (χ2v) is 4.08. The van der Waals surface area contributed by atoms with Crippen molar-refractivity contribution in [2.45, 2.75) is 4.90 Å². The van der Waals surface area contributed by atoms with Crippen molar-refractivity contribution in [3.63, 3.8) is 0 Å². The largest absolute Gasteiger partial charge is 0.333 e. The smallest absolute Gasteiger partial charge is 0.306 e. The molecule has 0 aliphatic carbocycles. The lowest BCUT2D eigenvalue weighted by atomic mass is 10.4. The Kier molecular flexibility index (Phi) is 1.49. The van der Waals surface area contributed by atoms with E-state index in [0.29, 0.717) is 0 Å². The molecular weight excluding hydrogens is 194 g/mol. The highest BCUT2D eigenvalue weighted by molar-refractivity contribution is 7.90. The molecule has 0 saturated carbocycles. The van der Waals surface area contributed by atoms with Crippen LogP contribution in [0.4, 0.5) is 10.5 Å². The van der Waals surface area contributed by atoms with E-state index in [1.165, 1.54) is 18.5 Å². The Hall–Kier alpha value is -1.63. The number of hydrogen-bond acceptors (Lipinski definition) is 4. The maximum absolute atomic E-state index is 11.3. The lowest BCUT2D eigenvalue weighted by molar-refractivity contribution is 0.256. The molecule has 2 rings (SSSR count). The SMILES string of the molecule is O=C1Nc2ccncc2S(=O)(=O)N1. The molecule has 0 radical (unpaired) electrons. The van der Waals surface area contributed by atoms with E-state index in [1.807, 2.05) is 0 Å². The highest BCUT2D eigenvalue weighted by Gasteiger charge is 2.27. The molecule has 2 amide bonds. The Bertz CT molecular complexity index is 468. The highest BCUT2D eigenvalue weighted by atomic mass is 32.2. The fraction of sp³-hybridized carbons (Fsp3) is 0. The monoisotopic (exact) mass is 199 g/mol. The molecule has 0 bridgehead atoms. The summed E-state index contributed by atoms with van der Waals surface area (Å²) in [6.45, 7) is 0. The van der Waals surface area contributed by atoms with Gasteiger partial charge in [0.05, 0.1) is 5.69 Å². The summed E-state index contributed by atoms with van der Waals surface area (Å²) in [5.74, 6) is 0. The van der Waals surface area contributed by atoms with Crippen molar-refractivity contribution in [3.8, 4) is 0 Å². The molecule has 1 aliphatic heterocycles. The zero-order valence-corrected chi connectivity index (χ0v) is 7.13. The number of urea groups is 1. The van der Waals surface area contributed by atoms with E-state index in [4.69, 9.17) is 0 Å². The quantitative estimate of drug-likeness (QED) is 0.611. The van der Waals surface area contributed by atoms with Crippen molar-refractivity contribution in [3.05, 3.63) is 18.5 Å². The minimum atomic E-state index is -3.72. The number of carbonyl (C=O) groups excluding carboxylic acids is 1. The van der Waals surface area contributed by atoms with Gasteiger partial charge in [-0.25, -0.2) is 17.9 Å². The molecule has 0 atom stereocenters. The zero-order valence-electron chi connectivity index (χ0n) is 6.31. The van der Waals surface area contributed by atoms with Gasteiger partial charge in [0, 0.05) is 12.4 Å². The standard InChI is InChI=1S/C6H5N3O3S/c10-6-8-4-1-2-7-3-5(4)13(11,12)9-6/h1-3H,(H2,8,9,10). The first-order valence-corrected chi connectivity index (χ1v) is 4.86. The fourth-order valence-corrected chi connectivity index (χ4v) is 2.04. The van der Waals surface area contributed by atoms with Crippen LogP contribution >= 0.6 is 0 Å². The maximum atomic E-state index is 11.3. The second kappa shape index (κ2) is 2.43. The number of anilines is 1. The molecule has 13 heavy (non-hydrogen) atoms. The van der Waals surface area contributed by atoms with Crippen LogP contribution < -0.4 is 10.0 Å². The Morgan fingerprint density at radius 2 is 2.15 bits per heavy atom. The van der Waals surface area contributed by atoms with Gasteiger partial charge in [0.2, 0.25) is 0 Å². The van der Waals surface area contributed by atoms with E-state index >= 15 is 0 Å². The van der Waals surface area contributed by atoms with Gasteiger partial charge in [0.15, 0.2) is 0 Å². The lowest BCUT2D eigenvalue weighted by Gasteiger charge is -2.16. The third-order valence-electron chi connectivity index (χ3n) is 1.55. The van der Waals surface area contributed by atoms with Crippen molar-refractivity contribution in [1.29, 1.82) is 0 Å². The lowest BCUT2D eigenvalue weighted by Crippen LogP contribution is -2.39. The maximum Gasteiger partial charge on any atom is 0.333 e. The van der Waals surface area contributed by atoms with Crippen LogP contribution in [0.2, 0.25) is 0 Å². The molecule has 0 aromatic carbocycles. The zero-order chi connectivity index (χ0) is 9.47. The van der Waals surface area contributed by atoms with Crippen LogP contribution in [0.1, 0.15) is 0 Å². The third-order valence-corrected chi connectivity index (χ3v) is 2.91. The molecule has 1 aromatic rings. The number of carbonyl (C=O) groups is 1. The van der Waals surface area contributed by atoms with Gasteiger partial charge in [0.1, 0.15) is 4.90 Å². The van der Waals surface area contributed by atoms with Gasteiger partial charge in [0.25, 0.3) is 10.0 Å². The van der Waals surface area contributed by atoms with Crippen LogP contribution in [0.5, 0.6) is 0 Å². The molecule has 2 N–H and O–H groups in total. The van der Waals surface area contributed by atoms with Crippen LogP contribution in [0, 0.1) is 0 Å². The molecule has 0 saturated heterocycles. The van der Waals surface area contributed by atoms with E-state index < -0.39 is 16.1 Å². The first kappa shape index (κ1) is 7.99. The van der Waals surface area contributed by atoms with Gasteiger partial charge in [-0.05, 0) is 6.07 Å². The van der Waals surface area contributed by atoms with E-state index in [1.54, 1.807) is 4.72 Å². The van der Waals surface area contributed by atoms with E-state index in [0.717, 1.165) is 0 Å². The van der Waals surface area contributed by atoms with Gasteiger partial charge in [-0.1, -0.05) is 0 Å². The average Bonchev–Trinajstić information content (AvgIpc) is 2.02. The number of pyridine rings is 1. The summed E-state index contributed by atoms with van der Waals surface area (Å²) in [4.78, 5) is 14.4. The predicted octanol–water partition coefficient (Wildman–Crippen LogP) is -0.0946. The van der Waals surface area contributed by atoms with E-state index in [9.17, 15) is 13.2 Å². The normalized spacial score (nSPS) is 18.3. The minimum absolute atomic E-state index is 0.0189. The number of aromatic nitrogens is 1. The summed E-state index contributed by atoms with van der Waals surface area (Å²) >= 11 is 0. The van der Waals surface area contributed by atoms with Crippen molar-refractivity contribution in [2.75, 3.05) is 5.32 Å². The molecule has 0 unspecified atom stereocenters. The Morgan fingerprint density at radius 3 is 2.92 bits per heavy atom. The summed E-state index contributed by atoms with van der Waals surface area (Å²) in [6, 6.07) is 0.671. The van der Waals surface area contributed by atoms with Crippen LogP contribution in [0.15, 0.2) is 23.4 Å². The molecule has 1 aromatic heterocycles. The molecular formula is C6H5N3O3S. The van der Waals surface area contributed by atoms with Crippen molar-refractivity contribution in [1.82, 2.24) is 9.71 Å².